The van der Waals surface area contributed by atoms with E-state index in [0.29, 0.717) is 0 Å². The predicted molar refractivity (Wildman–Crippen MR) is 246 cm³/mol. The summed E-state index contributed by atoms with van der Waals surface area (Å²) in [7, 11) is -1.91. The molecule has 0 unspecified atom stereocenters. The first-order valence-electron chi connectivity index (χ1n) is 20.7. The smallest absolute Gasteiger partial charge is 0.123 e. The Balaban J connectivity index is 1.20. The van der Waals surface area contributed by atoms with E-state index >= 15 is 0 Å². The summed E-state index contributed by atoms with van der Waals surface area (Å²) in [5, 5.41) is 10.9. The molecule has 1 fully saturated rings. The van der Waals surface area contributed by atoms with Crippen LogP contribution in [0.25, 0.3) is 65.7 Å². The summed E-state index contributed by atoms with van der Waals surface area (Å²) in [5.74, 6) is 0. The molecule has 12 rings (SSSR count). The van der Waals surface area contributed by atoms with Crippen LogP contribution in [0.1, 0.15) is 37.8 Å². The van der Waals surface area contributed by atoms with E-state index in [-0.39, 0.29) is 5.41 Å². The molecule has 272 valence electrons. The molecule has 1 aliphatic carbocycles. The molecule has 0 bridgehead atoms. The Bertz CT molecular complexity index is 3070. The molecule has 57 heavy (non-hydrogen) atoms. The maximum Gasteiger partial charge on any atom is 0.123 e. The molecule has 2 heterocycles. The summed E-state index contributed by atoms with van der Waals surface area (Å²) in [4.78, 5) is 2.66. The highest BCUT2D eigenvalue weighted by atomic mass is 28.3. The van der Waals surface area contributed by atoms with Gasteiger partial charge in [-0.05, 0) is 113 Å². The van der Waals surface area contributed by atoms with Gasteiger partial charge in [0, 0.05) is 27.6 Å². The zero-order valence-electron chi connectivity index (χ0n) is 32.5. The van der Waals surface area contributed by atoms with Gasteiger partial charge in [-0.15, -0.1) is 0 Å². The Morgan fingerprint density at radius 3 is 1.81 bits per heavy atom. The fourth-order valence-corrected chi connectivity index (χ4v) is 16.9. The van der Waals surface area contributed by atoms with Crippen molar-refractivity contribution in [1.29, 1.82) is 0 Å². The molecule has 9 aromatic carbocycles. The van der Waals surface area contributed by atoms with Gasteiger partial charge >= 0.3 is 0 Å². The van der Waals surface area contributed by atoms with Crippen LogP contribution in [-0.4, -0.2) is 8.07 Å². The minimum atomic E-state index is -1.91. The van der Waals surface area contributed by atoms with Crippen LogP contribution >= 0.6 is 0 Å². The number of benzene rings is 9. The van der Waals surface area contributed by atoms with Crippen LogP contribution in [0, 0.1) is 0 Å². The lowest BCUT2D eigenvalue weighted by Gasteiger charge is -2.43. The summed E-state index contributed by atoms with van der Waals surface area (Å²) in [6.45, 7) is 4.79. The monoisotopic (exact) mass is 745 g/mol. The first-order chi connectivity index (χ1) is 28.0. The topological polar surface area (TPSA) is 3.24 Å². The second-order valence-electron chi connectivity index (χ2n) is 17.1. The van der Waals surface area contributed by atoms with Gasteiger partial charge in [0.2, 0.25) is 0 Å². The highest BCUT2D eigenvalue weighted by molar-refractivity contribution is 7.05. The van der Waals surface area contributed by atoms with Gasteiger partial charge in [0.15, 0.2) is 0 Å². The molecule has 1 nitrogen and oxygen atoms in total. The van der Waals surface area contributed by atoms with Crippen LogP contribution in [0.2, 0.25) is 12.1 Å². The maximum atomic E-state index is 2.66. The van der Waals surface area contributed by atoms with Crippen molar-refractivity contribution in [1.82, 2.24) is 0 Å². The Morgan fingerprint density at radius 2 is 1.02 bits per heavy atom. The molecule has 9 aromatic rings. The van der Waals surface area contributed by atoms with Crippen LogP contribution in [0.3, 0.4) is 0 Å². The van der Waals surface area contributed by atoms with Crippen molar-refractivity contribution >= 4 is 67.8 Å². The van der Waals surface area contributed by atoms with Gasteiger partial charge in [0.05, 0.1) is 5.69 Å². The molecule has 0 radical (unpaired) electrons. The van der Waals surface area contributed by atoms with E-state index in [4.69, 9.17) is 0 Å². The molecular weight excluding hydrogens is 703 g/mol. The Labute approximate surface area is 335 Å². The van der Waals surface area contributed by atoms with E-state index < -0.39 is 8.07 Å². The van der Waals surface area contributed by atoms with E-state index in [1.807, 2.05) is 0 Å². The molecular formula is C55H43NSi. The molecule has 1 spiro atoms. The van der Waals surface area contributed by atoms with Crippen molar-refractivity contribution in [3.63, 3.8) is 0 Å². The van der Waals surface area contributed by atoms with E-state index in [1.165, 1.54) is 119 Å². The standard InChI is InChI=1S/C55H43NSi/c1-55(2)47-23-8-7-19-41(47)42-30-29-38(35-48(42)55)53-43-20-5-6-21-44(43)54(45-31-28-37(34-46(45)53)40-22-15-17-36-16-3-4-18-39(36)40)56-49-24-9-11-26-51(49)57(32-13-14-33-57)52-27-12-10-25-50(52)56/h3-12,15-31,34-35H,13-14,32-33H2,1-2H3. The molecule has 0 saturated carbocycles. The highest BCUT2D eigenvalue weighted by Crippen LogP contribution is 2.54. The zero-order valence-corrected chi connectivity index (χ0v) is 33.5. The van der Waals surface area contributed by atoms with E-state index in [2.05, 4.69) is 195 Å². The van der Waals surface area contributed by atoms with Gasteiger partial charge in [-0.3, -0.25) is 0 Å². The molecule has 2 heteroatoms. The average molecular weight is 746 g/mol. The zero-order chi connectivity index (χ0) is 37.9. The molecule has 0 N–H and O–H groups in total. The average Bonchev–Trinajstić information content (AvgIpc) is 3.84. The third kappa shape index (κ3) is 4.56. The van der Waals surface area contributed by atoms with Gasteiger partial charge in [0.25, 0.3) is 0 Å². The van der Waals surface area contributed by atoms with Crippen molar-refractivity contribution in [2.45, 2.75) is 44.2 Å². The molecule has 3 aliphatic rings. The largest absolute Gasteiger partial charge is 0.309 e. The molecule has 0 amide bonds. The van der Waals surface area contributed by atoms with Crippen LogP contribution in [-0.2, 0) is 5.41 Å². The second-order valence-corrected chi connectivity index (χ2v) is 21.4. The summed E-state index contributed by atoms with van der Waals surface area (Å²) in [5.41, 5.74) is 14.5. The van der Waals surface area contributed by atoms with Crippen molar-refractivity contribution < 1.29 is 0 Å². The van der Waals surface area contributed by atoms with Crippen LogP contribution in [0.5, 0.6) is 0 Å². The third-order valence-electron chi connectivity index (χ3n) is 14.0. The summed E-state index contributed by atoms with van der Waals surface area (Å²) in [6, 6.07) is 70.0. The number of hydrogen-bond donors (Lipinski definition) is 0. The van der Waals surface area contributed by atoms with Gasteiger partial charge < -0.3 is 4.90 Å². The lowest BCUT2D eigenvalue weighted by atomic mass is 9.80. The van der Waals surface area contributed by atoms with Crippen molar-refractivity contribution in [2.75, 3.05) is 4.90 Å². The third-order valence-corrected chi connectivity index (χ3v) is 19.3. The summed E-state index contributed by atoms with van der Waals surface area (Å²) < 4.78 is 0. The first kappa shape index (κ1) is 33.0. The molecule has 0 atom stereocenters. The maximum absolute atomic E-state index is 2.66. The first-order valence-corrected chi connectivity index (χ1v) is 23.1. The molecule has 1 saturated heterocycles. The van der Waals surface area contributed by atoms with Crippen molar-refractivity contribution in [3.05, 3.63) is 187 Å². The Morgan fingerprint density at radius 1 is 0.439 bits per heavy atom. The Kier molecular flexibility index (Phi) is 7.02. The van der Waals surface area contributed by atoms with E-state index in [0.717, 1.165) is 0 Å². The minimum Gasteiger partial charge on any atom is -0.309 e. The molecule has 2 aliphatic heterocycles. The summed E-state index contributed by atoms with van der Waals surface area (Å²) in [6.07, 6.45) is 2.66. The SMILES string of the molecule is CC1(C)c2ccccc2-c2ccc(-c3c4ccccc4c(N4c5ccccc5[Si]5(CCCC5)c5ccccc54)c4ccc(-c5cccc6ccccc56)cc34)cc21. The van der Waals surface area contributed by atoms with Crippen molar-refractivity contribution in [2.24, 2.45) is 0 Å². The fourth-order valence-electron chi connectivity index (χ4n) is 11.4. The lowest BCUT2D eigenvalue weighted by Crippen LogP contribution is -2.60. The van der Waals surface area contributed by atoms with E-state index in [1.54, 1.807) is 10.4 Å². The van der Waals surface area contributed by atoms with E-state index in [9.17, 15) is 0 Å². The lowest BCUT2D eigenvalue weighted by molar-refractivity contribution is 0.660. The van der Waals surface area contributed by atoms with Crippen LogP contribution < -0.4 is 15.3 Å². The fraction of sp³-hybridized carbons (Fsp3) is 0.127. The normalized spacial score (nSPS) is 15.9. The van der Waals surface area contributed by atoms with Gasteiger partial charge in [0.1, 0.15) is 8.07 Å². The summed E-state index contributed by atoms with van der Waals surface area (Å²) >= 11 is 0. The number of fused-ring (bicyclic) bond motifs is 10. The van der Waals surface area contributed by atoms with Gasteiger partial charge in [-0.2, -0.15) is 0 Å². The van der Waals surface area contributed by atoms with Gasteiger partial charge in [-0.25, -0.2) is 0 Å². The Hall–Kier alpha value is -6.22. The number of anilines is 3. The van der Waals surface area contributed by atoms with Gasteiger partial charge in [-0.1, -0.05) is 178 Å². The van der Waals surface area contributed by atoms with Crippen molar-refractivity contribution in [3.8, 4) is 33.4 Å². The quantitative estimate of drug-likeness (QED) is 0.129. The number of hydrogen-bond acceptors (Lipinski definition) is 1. The predicted octanol–water partition coefficient (Wildman–Crippen LogP) is 13.9. The number of rotatable bonds is 3. The molecule has 0 aromatic heterocycles. The minimum absolute atomic E-state index is 0.0943. The number of nitrogens with zero attached hydrogens (tertiary/aromatic N) is 1. The number of para-hydroxylation sites is 2. The van der Waals surface area contributed by atoms with Crippen LogP contribution in [0.4, 0.5) is 17.1 Å². The van der Waals surface area contributed by atoms with Crippen LogP contribution in [0.15, 0.2) is 176 Å². The highest BCUT2D eigenvalue weighted by Gasteiger charge is 2.47. The second kappa shape index (κ2) is 12.1.